The number of rotatable bonds is 4. The summed E-state index contributed by atoms with van der Waals surface area (Å²) in [7, 11) is 1.43. The molecule has 1 saturated heterocycles. The van der Waals surface area contributed by atoms with Gasteiger partial charge in [0.25, 0.3) is 0 Å². The maximum Gasteiger partial charge on any atom is 0.306 e. The van der Waals surface area contributed by atoms with Gasteiger partial charge in [-0.2, -0.15) is 0 Å². The lowest BCUT2D eigenvalue weighted by Gasteiger charge is -2.25. The topological polar surface area (TPSA) is 29.5 Å². The summed E-state index contributed by atoms with van der Waals surface area (Å²) in [6.45, 7) is 1.76. The third-order valence-corrected chi connectivity index (χ3v) is 3.80. The van der Waals surface area contributed by atoms with Gasteiger partial charge in [0.2, 0.25) is 0 Å². The van der Waals surface area contributed by atoms with Crippen LogP contribution in [0.5, 0.6) is 0 Å². The van der Waals surface area contributed by atoms with Crippen LogP contribution in [0.2, 0.25) is 5.02 Å². The summed E-state index contributed by atoms with van der Waals surface area (Å²) in [5.41, 5.74) is 1.17. The molecule has 1 aliphatic heterocycles. The number of nitrogens with zero attached hydrogens (tertiary/aromatic N) is 1. The Morgan fingerprint density at radius 2 is 2.28 bits per heavy atom. The zero-order chi connectivity index (χ0) is 13.0. The number of methoxy groups -OCH3 is 1. The van der Waals surface area contributed by atoms with E-state index in [0.717, 1.165) is 31.0 Å². The predicted molar refractivity (Wildman–Crippen MR) is 71.6 cm³/mol. The van der Waals surface area contributed by atoms with E-state index in [1.165, 1.54) is 12.7 Å². The smallest absolute Gasteiger partial charge is 0.306 e. The molecule has 0 spiro atoms. The fourth-order valence-electron chi connectivity index (χ4n) is 2.53. The van der Waals surface area contributed by atoms with Crippen molar-refractivity contribution in [3.05, 3.63) is 34.9 Å². The molecular formula is C14H18ClNO2. The number of hydrogen-bond acceptors (Lipinski definition) is 3. The molecule has 0 unspecified atom stereocenters. The molecule has 0 bridgehead atoms. The Balaban J connectivity index is 2.04. The second-order valence-corrected chi connectivity index (χ2v) is 4.95. The van der Waals surface area contributed by atoms with Gasteiger partial charge in [-0.1, -0.05) is 29.8 Å². The molecule has 1 aromatic rings. The number of likely N-dealkylation sites (tertiary alicyclic amines) is 1. The Morgan fingerprint density at radius 1 is 1.50 bits per heavy atom. The van der Waals surface area contributed by atoms with Crippen molar-refractivity contribution in [2.24, 2.45) is 0 Å². The van der Waals surface area contributed by atoms with Crippen LogP contribution in [0.25, 0.3) is 0 Å². The zero-order valence-electron chi connectivity index (χ0n) is 10.6. The Labute approximate surface area is 113 Å². The van der Waals surface area contributed by atoms with Gasteiger partial charge < -0.3 is 4.74 Å². The Kier molecular flexibility index (Phi) is 4.61. The van der Waals surface area contributed by atoms with E-state index in [1.54, 1.807) is 0 Å². The third-order valence-electron chi connectivity index (χ3n) is 3.46. The summed E-state index contributed by atoms with van der Waals surface area (Å²) in [5, 5.41) is 0.812. The van der Waals surface area contributed by atoms with Crippen LogP contribution in [-0.4, -0.2) is 31.1 Å². The summed E-state index contributed by atoms with van der Waals surface area (Å²) in [6.07, 6.45) is 2.69. The first-order valence-electron chi connectivity index (χ1n) is 6.27. The number of ether oxygens (including phenoxy) is 1. The molecule has 1 heterocycles. The molecule has 1 fully saturated rings. The quantitative estimate of drug-likeness (QED) is 0.786. The fraction of sp³-hybridized carbons (Fsp3) is 0.500. The summed E-state index contributed by atoms with van der Waals surface area (Å²) < 4.78 is 4.68. The highest BCUT2D eigenvalue weighted by Crippen LogP contribution is 2.35. The third kappa shape index (κ3) is 3.03. The van der Waals surface area contributed by atoms with E-state index in [-0.39, 0.29) is 5.97 Å². The molecule has 1 atom stereocenters. The van der Waals surface area contributed by atoms with Crippen LogP contribution in [-0.2, 0) is 9.53 Å². The van der Waals surface area contributed by atoms with Crippen LogP contribution in [0.15, 0.2) is 24.3 Å². The van der Waals surface area contributed by atoms with Crippen LogP contribution in [0, 0.1) is 0 Å². The summed E-state index contributed by atoms with van der Waals surface area (Å²) in [6, 6.07) is 8.29. The first-order valence-corrected chi connectivity index (χ1v) is 6.65. The van der Waals surface area contributed by atoms with Gasteiger partial charge in [0, 0.05) is 17.6 Å². The van der Waals surface area contributed by atoms with Gasteiger partial charge in [-0.15, -0.1) is 0 Å². The number of esters is 1. The van der Waals surface area contributed by atoms with E-state index >= 15 is 0 Å². The van der Waals surface area contributed by atoms with Gasteiger partial charge in [-0.3, -0.25) is 9.69 Å². The highest BCUT2D eigenvalue weighted by atomic mass is 35.5. The SMILES string of the molecule is COC(=O)CCN1CCC[C@H]1c1ccccc1Cl. The van der Waals surface area contributed by atoms with Crippen LogP contribution < -0.4 is 0 Å². The van der Waals surface area contributed by atoms with E-state index in [0.29, 0.717) is 12.5 Å². The van der Waals surface area contributed by atoms with E-state index in [1.807, 2.05) is 18.2 Å². The standard InChI is InChI=1S/C14H18ClNO2/c1-18-14(17)8-10-16-9-4-7-13(16)11-5-2-3-6-12(11)15/h2-3,5-6,13H,4,7-10H2,1H3/t13-/m0/s1. The Morgan fingerprint density at radius 3 is 3.00 bits per heavy atom. The van der Waals surface area contributed by atoms with Gasteiger partial charge in [0.1, 0.15) is 0 Å². The Bertz CT molecular complexity index is 422. The highest BCUT2D eigenvalue weighted by molar-refractivity contribution is 6.31. The molecule has 1 aromatic carbocycles. The fourth-order valence-corrected chi connectivity index (χ4v) is 2.79. The molecule has 0 radical (unpaired) electrons. The monoisotopic (exact) mass is 267 g/mol. The van der Waals surface area contributed by atoms with Crippen molar-refractivity contribution in [3.8, 4) is 0 Å². The normalized spacial score (nSPS) is 20.0. The van der Waals surface area contributed by atoms with Gasteiger partial charge >= 0.3 is 5.97 Å². The zero-order valence-corrected chi connectivity index (χ0v) is 11.3. The molecule has 0 saturated carbocycles. The van der Waals surface area contributed by atoms with Crippen LogP contribution in [0.4, 0.5) is 0 Å². The largest absolute Gasteiger partial charge is 0.469 e. The van der Waals surface area contributed by atoms with Crippen molar-refractivity contribution in [1.82, 2.24) is 4.90 Å². The molecule has 98 valence electrons. The lowest BCUT2D eigenvalue weighted by molar-refractivity contribution is -0.141. The van der Waals surface area contributed by atoms with Gasteiger partial charge in [-0.25, -0.2) is 0 Å². The average molecular weight is 268 g/mol. The molecular weight excluding hydrogens is 250 g/mol. The van der Waals surface area contributed by atoms with Crippen LogP contribution in [0.3, 0.4) is 0 Å². The van der Waals surface area contributed by atoms with Gasteiger partial charge in [0.15, 0.2) is 0 Å². The first-order chi connectivity index (χ1) is 8.72. The molecule has 0 amide bonds. The highest BCUT2D eigenvalue weighted by Gasteiger charge is 2.27. The minimum Gasteiger partial charge on any atom is -0.469 e. The molecule has 0 N–H and O–H groups in total. The van der Waals surface area contributed by atoms with Crippen molar-refractivity contribution < 1.29 is 9.53 Å². The van der Waals surface area contributed by atoms with Crippen molar-refractivity contribution in [3.63, 3.8) is 0 Å². The second-order valence-electron chi connectivity index (χ2n) is 4.54. The molecule has 18 heavy (non-hydrogen) atoms. The molecule has 3 nitrogen and oxygen atoms in total. The number of benzene rings is 1. The molecule has 0 aliphatic carbocycles. The molecule has 0 aromatic heterocycles. The van der Waals surface area contributed by atoms with Crippen molar-refractivity contribution in [2.75, 3.05) is 20.2 Å². The van der Waals surface area contributed by atoms with E-state index in [4.69, 9.17) is 11.6 Å². The van der Waals surface area contributed by atoms with E-state index in [2.05, 4.69) is 15.7 Å². The summed E-state index contributed by atoms with van der Waals surface area (Å²) in [4.78, 5) is 13.5. The van der Waals surface area contributed by atoms with Crippen molar-refractivity contribution >= 4 is 17.6 Å². The molecule has 2 rings (SSSR count). The van der Waals surface area contributed by atoms with E-state index in [9.17, 15) is 4.79 Å². The maximum absolute atomic E-state index is 11.2. The number of halogens is 1. The number of carbonyl (C=O) groups excluding carboxylic acids is 1. The maximum atomic E-state index is 11.2. The van der Waals surface area contributed by atoms with Gasteiger partial charge in [-0.05, 0) is 31.0 Å². The number of hydrogen-bond donors (Lipinski definition) is 0. The summed E-state index contributed by atoms with van der Waals surface area (Å²) >= 11 is 6.24. The van der Waals surface area contributed by atoms with Crippen molar-refractivity contribution in [1.29, 1.82) is 0 Å². The van der Waals surface area contributed by atoms with E-state index < -0.39 is 0 Å². The first kappa shape index (κ1) is 13.4. The lowest BCUT2D eigenvalue weighted by Crippen LogP contribution is -2.26. The van der Waals surface area contributed by atoms with Gasteiger partial charge in [0.05, 0.1) is 13.5 Å². The minimum atomic E-state index is -0.153. The van der Waals surface area contributed by atoms with Crippen LogP contribution >= 0.6 is 11.6 Å². The predicted octanol–water partition coefficient (Wildman–Crippen LogP) is 3.04. The summed E-state index contributed by atoms with van der Waals surface area (Å²) in [5.74, 6) is -0.153. The minimum absolute atomic E-state index is 0.153. The van der Waals surface area contributed by atoms with Crippen molar-refractivity contribution in [2.45, 2.75) is 25.3 Å². The number of carbonyl (C=O) groups is 1. The Hall–Kier alpha value is -1.06. The molecule has 4 heteroatoms. The lowest BCUT2D eigenvalue weighted by atomic mass is 10.0. The second kappa shape index (κ2) is 6.21. The average Bonchev–Trinajstić information content (AvgIpc) is 2.84. The molecule has 1 aliphatic rings. The van der Waals surface area contributed by atoms with Crippen LogP contribution in [0.1, 0.15) is 30.9 Å².